The molecule has 0 unspecified atom stereocenters. The molecule has 3 nitrogen and oxygen atoms in total. The Kier molecular flexibility index (Phi) is 4.55. The van der Waals surface area contributed by atoms with Crippen LogP contribution in [-0.4, -0.2) is 41.8 Å². The maximum Gasteiger partial charge on any atom is 0.490 e. The average molecular weight is 321 g/mol. The van der Waals surface area contributed by atoms with E-state index in [0.29, 0.717) is 11.0 Å². The lowest BCUT2D eigenvalue weighted by atomic mass is 9.61. The zero-order valence-electron chi connectivity index (χ0n) is 13.5. The topological polar surface area (TPSA) is 40.5 Å². The summed E-state index contributed by atoms with van der Waals surface area (Å²) in [5.74, 6) is -0.662. The summed E-state index contributed by atoms with van der Waals surface area (Å²) < 4.78 is 31.7. The second-order valence-corrected chi connectivity index (χ2v) is 7.19. The molecule has 0 heterocycles. The minimum Gasteiger partial charge on any atom is -0.475 e. The molecular formula is C16H26F3NO2. The van der Waals surface area contributed by atoms with Gasteiger partial charge in [0.25, 0.3) is 0 Å². The summed E-state index contributed by atoms with van der Waals surface area (Å²) in [7, 11) is 4.69. The number of halogens is 3. The smallest absolute Gasteiger partial charge is 0.475 e. The van der Waals surface area contributed by atoms with Gasteiger partial charge in [-0.25, -0.2) is 4.79 Å². The molecule has 0 amide bonds. The first-order valence-corrected chi connectivity index (χ1v) is 8.09. The summed E-state index contributed by atoms with van der Waals surface area (Å²) in [5.41, 5.74) is 1.31. The molecule has 0 spiro atoms. The number of nitrogens with zero attached hydrogens (tertiary/aromatic N) is 1. The average Bonchev–Trinajstić information content (AvgIpc) is 3.09. The largest absolute Gasteiger partial charge is 0.490 e. The van der Waals surface area contributed by atoms with Crippen LogP contribution in [0, 0.1) is 17.3 Å². The van der Waals surface area contributed by atoms with Crippen molar-refractivity contribution < 1.29 is 23.1 Å². The van der Waals surface area contributed by atoms with E-state index in [4.69, 9.17) is 9.90 Å². The lowest BCUT2D eigenvalue weighted by Crippen LogP contribution is -2.57. The minimum absolute atomic E-state index is 0.602. The van der Waals surface area contributed by atoms with Gasteiger partial charge in [-0.2, -0.15) is 13.2 Å². The summed E-state index contributed by atoms with van der Waals surface area (Å²) in [5, 5.41) is 7.12. The zero-order valence-corrected chi connectivity index (χ0v) is 13.5. The van der Waals surface area contributed by atoms with Gasteiger partial charge in [0.2, 0.25) is 0 Å². The van der Waals surface area contributed by atoms with Crippen LogP contribution in [-0.2, 0) is 4.79 Å². The van der Waals surface area contributed by atoms with Crippen molar-refractivity contribution in [3.8, 4) is 0 Å². The van der Waals surface area contributed by atoms with Crippen molar-refractivity contribution in [3.05, 3.63) is 0 Å². The van der Waals surface area contributed by atoms with Gasteiger partial charge < -0.3 is 10.0 Å². The molecule has 3 saturated carbocycles. The van der Waals surface area contributed by atoms with E-state index < -0.39 is 12.1 Å². The lowest BCUT2D eigenvalue weighted by Gasteiger charge is -2.53. The number of hydrogen-bond donors (Lipinski definition) is 1. The Morgan fingerprint density at radius 1 is 1.23 bits per heavy atom. The van der Waals surface area contributed by atoms with Crippen LogP contribution in [0.15, 0.2) is 0 Å². The van der Waals surface area contributed by atoms with Gasteiger partial charge >= 0.3 is 12.1 Å². The first-order chi connectivity index (χ1) is 10.1. The van der Waals surface area contributed by atoms with Crippen molar-refractivity contribution in [2.45, 2.75) is 63.6 Å². The molecule has 0 saturated heterocycles. The number of fused-ring (bicyclic) bond motifs is 5. The number of carbonyl (C=O) groups is 1. The highest BCUT2D eigenvalue weighted by Gasteiger charge is 2.68. The number of alkyl halides is 3. The molecule has 0 aliphatic heterocycles. The van der Waals surface area contributed by atoms with E-state index in [0.717, 1.165) is 11.8 Å². The zero-order chi connectivity index (χ0) is 16.8. The van der Waals surface area contributed by atoms with Crippen molar-refractivity contribution >= 4 is 5.97 Å². The van der Waals surface area contributed by atoms with Gasteiger partial charge in [0, 0.05) is 5.54 Å². The van der Waals surface area contributed by atoms with Crippen molar-refractivity contribution in [3.63, 3.8) is 0 Å². The monoisotopic (exact) mass is 321 g/mol. The van der Waals surface area contributed by atoms with Gasteiger partial charge in [0.1, 0.15) is 0 Å². The van der Waals surface area contributed by atoms with E-state index in [1.54, 1.807) is 6.42 Å². The maximum atomic E-state index is 10.6. The van der Waals surface area contributed by atoms with Gasteiger partial charge in [-0.15, -0.1) is 0 Å². The summed E-state index contributed by atoms with van der Waals surface area (Å²) in [6, 6.07) is 0. The van der Waals surface area contributed by atoms with Gasteiger partial charge in [-0.05, 0) is 69.9 Å². The van der Waals surface area contributed by atoms with E-state index in [-0.39, 0.29) is 0 Å². The quantitative estimate of drug-likeness (QED) is 0.838. The van der Waals surface area contributed by atoms with Crippen molar-refractivity contribution in [1.82, 2.24) is 4.90 Å². The van der Waals surface area contributed by atoms with E-state index in [1.165, 1.54) is 38.5 Å². The maximum absolute atomic E-state index is 10.6. The molecule has 22 heavy (non-hydrogen) atoms. The highest BCUT2D eigenvalue weighted by molar-refractivity contribution is 5.73. The third-order valence-corrected chi connectivity index (χ3v) is 6.60. The molecule has 0 aromatic rings. The molecule has 2 bridgehead atoms. The lowest BCUT2D eigenvalue weighted by molar-refractivity contribution is -0.192. The van der Waals surface area contributed by atoms with Crippen LogP contribution in [0.5, 0.6) is 0 Å². The first kappa shape index (κ1) is 17.6. The second kappa shape index (κ2) is 5.69. The summed E-state index contributed by atoms with van der Waals surface area (Å²) >= 11 is 0. The molecule has 3 aliphatic carbocycles. The standard InChI is InChI=1S/C14H25N.C2HF3O2/c1-4-13-8-5-9-14(13,15(2)3)12-7-6-11(13)10-12;3-2(4,5)1(6)7/h11-12H,4-10H2,1-3H3;(H,6,7)/t11-,12-,13-,14-;/m0./s1. The Hall–Kier alpha value is -0.780. The Balaban J connectivity index is 0.000000217. The predicted molar refractivity (Wildman–Crippen MR) is 77.5 cm³/mol. The third-order valence-electron chi connectivity index (χ3n) is 6.60. The molecule has 128 valence electrons. The van der Waals surface area contributed by atoms with Crippen LogP contribution in [0.1, 0.15) is 51.9 Å². The SMILES string of the molecule is CC[C@@]12CCC[C@]1(N(C)C)[C@H]1CC[C@H]2C1.O=C(O)C(F)(F)F. The highest BCUT2D eigenvalue weighted by atomic mass is 19.4. The molecule has 4 atom stereocenters. The highest BCUT2D eigenvalue weighted by Crippen LogP contribution is 2.71. The fraction of sp³-hybridized carbons (Fsp3) is 0.938. The number of hydrogen-bond acceptors (Lipinski definition) is 2. The molecular weight excluding hydrogens is 295 g/mol. The van der Waals surface area contributed by atoms with Crippen LogP contribution in [0.4, 0.5) is 13.2 Å². The molecule has 1 N–H and O–H groups in total. The van der Waals surface area contributed by atoms with Crippen molar-refractivity contribution in [2.24, 2.45) is 17.3 Å². The molecule has 3 fully saturated rings. The van der Waals surface area contributed by atoms with Crippen molar-refractivity contribution in [1.29, 1.82) is 0 Å². The Bertz CT molecular complexity index is 438. The first-order valence-electron chi connectivity index (χ1n) is 8.09. The van der Waals surface area contributed by atoms with Crippen LogP contribution >= 0.6 is 0 Å². The summed E-state index contributed by atoms with van der Waals surface area (Å²) in [6.45, 7) is 2.45. The second-order valence-electron chi connectivity index (χ2n) is 7.19. The summed E-state index contributed by atoms with van der Waals surface area (Å²) in [4.78, 5) is 11.5. The summed E-state index contributed by atoms with van der Waals surface area (Å²) in [6.07, 6.45) is 5.42. The van der Waals surface area contributed by atoms with Crippen LogP contribution in [0.3, 0.4) is 0 Å². The molecule has 0 radical (unpaired) electrons. The van der Waals surface area contributed by atoms with Crippen LogP contribution in [0.2, 0.25) is 0 Å². The van der Waals surface area contributed by atoms with Crippen LogP contribution < -0.4 is 0 Å². The molecule has 0 aromatic heterocycles. The van der Waals surface area contributed by atoms with Gasteiger partial charge in [0.05, 0.1) is 0 Å². The Labute approximate surface area is 129 Å². The fourth-order valence-corrected chi connectivity index (χ4v) is 6.03. The minimum atomic E-state index is -5.08. The van der Waals surface area contributed by atoms with Gasteiger partial charge in [-0.1, -0.05) is 13.3 Å². The number of carboxylic acid groups (broad SMARTS) is 1. The molecule has 6 heteroatoms. The van der Waals surface area contributed by atoms with Crippen molar-refractivity contribution in [2.75, 3.05) is 14.1 Å². The molecule has 0 aromatic carbocycles. The van der Waals surface area contributed by atoms with Gasteiger partial charge in [0.15, 0.2) is 0 Å². The van der Waals surface area contributed by atoms with Gasteiger partial charge in [-0.3, -0.25) is 0 Å². The van der Waals surface area contributed by atoms with E-state index in [1.807, 2.05) is 0 Å². The third kappa shape index (κ3) is 2.34. The Morgan fingerprint density at radius 3 is 2.18 bits per heavy atom. The van der Waals surface area contributed by atoms with Crippen LogP contribution in [0.25, 0.3) is 0 Å². The molecule has 3 rings (SSSR count). The predicted octanol–water partition coefficient (Wildman–Crippen LogP) is 3.93. The van der Waals surface area contributed by atoms with E-state index >= 15 is 0 Å². The normalized spacial score (nSPS) is 39.6. The number of rotatable bonds is 2. The fourth-order valence-electron chi connectivity index (χ4n) is 6.03. The number of carboxylic acids is 1. The number of aliphatic carboxylic acids is 1. The van der Waals surface area contributed by atoms with E-state index in [9.17, 15) is 13.2 Å². The molecule has 3 aliphatic rings. The Morgan fingerprint density at radius 2 is 1.77 bits per heavy atom. The van der Waals surface area contributed by atoms with E-state index in [2.05, 4.69) is 25.9 Å².